The number of amides is 1. The Hall–Kier alpha value is -2.35. The number of benzene rings is 1. The zero-order chi connectivity index (χ0) is 19.4. The molecule has 2 aromatic rings. The van der Waals surface area contributed by atoms with E-state index < -0.39 is 11.7 Å². The predicted molar refractivity (Wildman–Crippen MR) is 96.2 cm³/mol. The SMILES string of the molecule is Cc1nccn1CC1CCN(CC(=O)Nc2ccc(C(F)(F)F)cc2)CC1. The molecule has 0 radical (unpaired) electrons. The van der Waals surface area contributed by atoms with Crippen LogP contribution in [0.15, 0.2) is 36.7 Å². The summed E-state index contributed by atoms with van der Waals surface area (Å²) >= 11 is 0. The van der Waals surface area contributed by atoms with Gasteiger partial charge in [-0.25, -0.2) is 4.98 Å². The maximum Gasteiger partial charge on any atom is 0.416 e. The van der Waals surface area contributed by atoms with Crippen molar-refractivity contribution >= 4 is 11.6 Å². The number of hydrogen-bond donors (Lipinski definition) is 1. The van der Waals surface area contributed by atoms with Crippen LogP contribution in [0.25, 0.3) is 0 Å². The highest BCUT2D eigenvalue weighted by Gasteiger charge is 2.30. The second-order valence-corrected chi connectivity index (χ2v) is 6.97. The van der Waals surface area contributed by atoms with Gasteiger partial charge in [0.1, 0.15) is 5.82 Å². The number of anilines is 1. The number of piperidine rings is 1. The highest BCUT2D eigenvalue weighted by molar-refractivity contribution is 5.92. The number of nitrogens with zero attached hydrogens (tertiary/aromatic N) is 3. The molecule has 0 unspecified atom stereocenters. The average Bonchev–Trinajstić information content (AvgIpc) is 3.01. The van der Waals surface area contributed by atoms with Gasteiger partial charge in [0.25, 0.3) is 0 Å². The van der Waals surface area contributed by atoms with E-state index in [-0.39, 0.29) is 12.5 Å². The van der Waals surface area contributed by atoms with E-state index in [1.54, 1.807) is 6.20 Å². The van der Waals surface area contributed by atoms with Crippen molar-refractivity contribution in [1.82, 2.24) is 14.5 Å². The van der Waals surface area contributed by atoms with Gasteiger partial charge < -0.3 is 9.88 Å². The minimum atomic E-state index is -4.37. The van der Waals surface area contributed by atoms with E-state index in [2.05, 4.69) is 19.8 Å². The number of hydrogen-bond acceptors (Lipinski definition) is 3. The molecular weight excluding hydrogens is 357 g/mol. The summed E-state index contributed by atoms with van der Waals surface area (Å²) < 4.78 is 39.8. The number of aryl methyl sites for hydroxylation is 1. The summed E-state index contributed by atoms with van der Waals surface area (Å²) in [4.78, 5) is 18.5. The predicted octanol–water partition coefficient (Wildman–Crippen LogP) is 3.56. The van der Waals surface area contributed by atoms with Crippen LogP contribution >= 0.6 is 0 Å². The van der Waals surface area contributed by atoms with Crippen molar-refractivity contribution in [3.05, 3.63) is 48.0 Å². The van der Waals surface area contributed by atoms with Gasteiger partial charge in [0.2, 0.25) is 5.91 Å². The van der Waals surface area contributed by atoms with Crippen molar-refractivity contribution in [3.8, 4) is 0 Å². The van der Waals surface area contributed by atoms with Gasteiger partial charge in [0.05, 0.1) is 12.1 Å². The standard InChI is InChI=1S/C19H23F3N4O/c1-14-23-8-11-26(14)12-15-6-9-25(10-7-15)13-18(27)24-17-4-2-16(3-5-17)19(20,21)22/h2-5,8,11,15H,6-7,9-10,12-13H2,1H3,(H,24,27). The van der Waals surface area contributed by atoms with Crippen LogP contribution in [-0.2, 0) is 17.5 Å². The van der Waals surface area contributed by atoms with Crippen molar-refractivity contribution in [1.29, 1.82) is 0 Å². The Morgan fingerprint density at radius 2 is 1.89 bits per heavy atom. The highest BCUT2D eigenvalue weighted by Crippen LogP contribution is 2.29. The van der Waals surface area contributed by atoms with E-state index in [1.807, 2.05) is 13.1 Å². The Kier molecular flexibility index (Phi) is 5.84. The van der Waals surface area contributed by atoms with Crippen LogP contribution in [0, 0.1) is 12.8 Å². The summed E-state index contributed by atoms with van der Waals surface area (Å²) in [6.45, 7) is 4.84. The van der Waals surface area contributed by atoms with E-state index in [0.717, 1.165) is 50.4 Å². The third-order valence-corrected chi connectivity index (χ3v) is 4.95. The Bertz CT molecular complexity index is 762. The third kappa shape index (κ3) is 5.32. The summed E-state index contributed by atoms with van der Waals surface area (Å²) in [5.74, 6) is 1.36. The molecule has 1 aliphatic rings. The highest BCUT2D eigenvalue weighted by atomic mass is 19.4. The number of carbonyl (C=O) groups is 1. The van der Waals surface area contributed by atoms with Crippen LogP contribution in [0.1, 0.15) is 24.2 Å². The summed E-state index contributed by atoms with van der Waals surface area (Å²) in [5, 5.41) is 2.66. The van der Waals surface area contributed by atoms with E-state index in [9.17, 15) is 18.0 Å². The fraction of sp³-hybridized carbons (Fsp3) is 0.474. The first-order valence-corrected chi connectivity index (χ1v) is 8.98. The van der Waals surface area contributed by atoms with E-state index in [1.165, 1.54) is 12.1 Å². The molecule has 1 fully saturated rings. The van der Waals surface area contributed by atoms with Gasteiger partial charge in [-0.1, -0.05) is 0 Å². The molecule has 0 saturated carbocycles. The Balaban J connectivity index is 1.43. The molecule has 0 spiro atoms. The first kappa shape index (κ1) is 19.4. The first-order chi connectivity index (χ1) is 12.8. The van der Waals surface area contributed by atoms with Crippen LogP contribution in [0.3, 0.4) is 0 Å². The number of alkyl halides is 3. The van der Waals surface area contributed by atoms with Crippen molar-refractivity contribution < 1.29 is 18.0 Å². The lowest BCUT2D eigenvalue weighted by atomic mass is 9.96. The molecule has 2 heterocycles. The quantitative estimate of drug-likeness (QED) is 0.863. The molecule has 27 heavy (non-hydrogen) atoms. The average molecular weight is 380 g/mol. The largest absolute Gasteiger partial charge is 0.416 e. The number of nitrogens with one attached hydrogen (secondary N) is 1. The number of halogens is 3. The van der Waals surface area contributed by atoms with E-state index in [4.69, 9.17) is 0 Å². The smallest absolute Gasteiger partial charge is 0.335 e. The molecule has 1 N–H and O–H groups in total. The lowest BCUT2D eigenvalue weighted by molar-refractivity contribution is -0.137. The van der Waals surface area contributed by atoms with Gasteiger partial charge in [0.15, 0.2) is 0 Å². The van der Waals surface area contributed by atoms with Gasteiger partial charge in [-0.3, -0.25) is 9.69 Å². The van der Waals surface area contributed by atoms with Crippen molar-refractivity contribution in [2.75, 3.05) is 25.0 Å². The number of aromatic nitrogens is 2. The lowest BCUT2D eigenvalue weighted by Gasteiger charge is -2.31. The Morgan fingerprint density at radius 3 is 2.44 bits per heavy atom. The van der Waals surface area contributed by atoms with Gasteiger partial charge in [-0.15, -0.1) is 0 Å². The molecule has 1 aromatic heterocycles. The van der Waals surface area contributed by atoms with E-state index in [0.29, 0.717) is 11.6 Å². The molecule has 1 aromatic carbocycles. The lowest BCUT2D eigenvalue weighted by Crippen LogP contribution is -2.40. The Morgan fingerprint density at radius 1 is 1.22 bits per heavy atom. The zero-order valence-corrected chi connectivity index (χ0v) is 15.2. The second kappa shape index (κ2) is 8.12. The number of rotatable bonds is 5. The number of likely N-dealkylation sites (tertiary alicyclic amines) is 1. The van der Waals surface area contributed by atoms with Gasteiger partial charge in [0, 0.05) is 24.6 Å². The molecule has 146 valence electrons. The molecule has 1 aliphatic heterocycles. The van der Waals surface area contributed by atoms with Gasteiger partial charge in [-0.05, 0) is 63.0 Å². The van der Waals surface area contributed by atoms with Gasteiger partial charge >= 0.3 is 6.18 Å². The fourth-order valence-corrected chi connectivity index (χ4v) is 3.35. The maximum atomic E-state index is 12.6. The van der Waals surface area contributed by atoms with Gasteiger partial charge in [-0.2, -0.15) is 13.2 Å². The normalized spacial score (nSPS) is 16.4. The molecule has 8 heteroatoms. The minimum Gasteiger partial charge on any atom is -0.335 e. The minimum absolute atomic E-state index is 0.210. The monoisotopic (exact) mass is 380 g/mol. The molecule has 3 rings (SSSR count). The van der Waals surface area contributed by atoms with Crippen LogP contribution in [0.2, 0.25) is 0 Å². The molecular formula is C19H23F3N4O. The molecule has 1 amide bonds. The zero-order valence-electron chi connectivity index (χ0n) is 15.2. The summed E-state index contributed by atoms with van der Waals surface area (Å²) in [6.07, 6.45) is 1.42. The summed E-state index contributed by atoms with van der Waals surface area (Å²) in [5.41, 5.74) is -0.353. The van der Waals surface area contributed by atoms with E-state index >= 15 is 0 Å². The molecule has 5 nitrogen and oxygen atoms in total. The molecule has 0 atom stereocenters. The van der Waals surface area contributed by atoms with Crippen LogP contribution in [0.4, 0.5) is 18.9 Å². The molecule has 0 bridgehead atoms. The molecule has 1 saturated heterocycles. The third-order valence-electron chi connectivity index (χ3n) is 4.95. The summed E-state index contributed by atoms with van der Waals surface area (Å²) in [6, 6.07) is 4.50. The van der Waals surface area contributed by atoms with Crippen LogP contribution in [0.5, 0.6) is 0 Å². The second-order valence-electron chi connectivity index (χ2n) is 6.97. The Labute approximate surface area is 156 Å². The number of carbonyl (C=O) groups excluding carboxylic acids is 1. The topological polar surface area (TPSA) is 50.2 Å². The van der Waals surface area contributed by atoms with Crippen LogP contribution in [-0.4, -0.2) is 40.0 Å². The van der Waals surface area contributed by atoms with Crippen molar-refractivity contribution in [2.45, 2.75) is 32.5 Å². The van der Waals surface area contributed by atoms with Crippen LogP contribution < -0.4 is 5.32 Å². The van der Waals surface area contributed by atoms with Crippen molar-refractivity contribution in [3.63, 3.8) is 0 Å². The first-order valence-electron chi connectivity index (χ1n) is 8.98. The number of imidazole rings is 1. The molecule has 0 aliphatic carbocycles. The van der Waals surface area contributed by atoms with Crippen molar-refractivity contribution in [2.24, 2.45) is 5.92 Å². The maximum absolute atomic E-state index is 12.6. The fourth-order valence-electron chi connectivity index (χ4n) is 3.35. The summed E-state index contributed by atoms with van der Waals surface area (Å²) in [7, 11) is 0.